The van der Waals surface area contributed by atoms with E-state index in [1.807, 2.05) is 50.2 Å². The van der Waals surface area contributed by atoms with Gasteiger partial charge in [0.2, 0.25) is 0 Å². The first kappa shape index (κ1) is 36.3. The van der Waals surface area contributed by atoms with Crippen molar-refractivity contribution in [2.75, 3.05) is 20.3 Å². The van der Waals surface area contributed by atoms with E-state index in [1.165, 1.54) is 22.3 Å². The zero-order chi connectivity index (χ0) is 35.5. The van der Waals surface area contributed by atoms with Gasteiger partial charge in [0.15, 0.2) is 0 Å². The summed E-state index contributed by atoms with van der Waals surface area (Å²) in [5, 5.41) is 10.9. The van der Waals surface area contributed by atoms with Crippen molar-refractivity contribution in [3.8, 4) is 23.0 Å². The molecule has 0 aliphatic carbocycles. The Balaban J connectivity index is 1.11. The van der Waals surface area contributed by atoms with E-state index in [4.69, 9.17) is 23.7 Å². The summed E-state index contributed by atoms with van der Waals surface area (Å²) in [6.45, 7) is 18.1. The minimum atomic E-state index is -0.693. The maximum Gasteiger partial charge on any atom is 0.120 e. The van der Waals surface area contributed by atoms with E-state index >= 15 is 0 Å². The lowest BCUT2D eigenvalue weighted by molar-refractivity contribution is 0.0175. The van der Waals surface area contributed by atoms with Gasteiger partial charge < -0.3 is 28.8 Å². The fourth-order valence-corrected chi connectivity index (χ4v) is 6.46. The average molecular weight is 667 g/mol. The van der Waals surface area contributed by atoms with Crippen molar-refractivity contribution in [1.82, 2.24) is 0 Å². The Labute approximate surface area is 293 Å². The molecule has 1 saturated heterocycles. The number of epoxide rings is 1. The van der Waals surface area contributed by atoms with Gasteiger partial charge in [-0.3, -0.25) is 0 Å². The molecule has 2 unspecified atom stereocenters. The Hall–Kier alpha value is -4.00. The van der Waals surface area contributed by atoms with Crippen LogP contribution in [-0.4, -0.2) is 48.8 Å². The summed E-state index contributed by atoms with van der Waals surface area (Å²) in [4.78, 5) is 0. The van der Waals surface area contributed by atoms with E-state index in [2.05, 4.69) is 102 Å². The highest BCUT2D eigenvalue weighted by atomic mass is 16.6. The summed E-state index contributed by atoms with van der Waals surface area (Å²) in [6, 6.07) is 32.9. The van der Waals surface area contributed by atoms with Crippen LogP contribution in [-0.2, 0) is 15.6 Å². The van der Waals surface area contributed by atoms with Crippen molar-refractivity contribution in [1.29, 1.82) is 0 Å². The van der Waals surface area contributed by atoms with Crippen molar-refractivity contribution in [2.45, 2.75) is 102 Å². The van der Waals surface area contributed by atoms with Crippen LogP contribution in [0.25, 0.3) is 0 Å². The Morgan fingerprint density at radius 2 is 0.959 bits per heavy atom. The number of hydrogen-bond donors (Lipinski definition) is 1. The van der Waals surface area contributed by atoms with Crippen LogP contribution in [0.4, 0.5) is 0 Å². The summed E-state index contributed by atoms with van der Waals surface area (Å²) in [6.07, 6.45) is 0.936. The highest BCUT2D eigenvalue weighted by Gasteiger charge is 2.33. The van der Waals surface area contributed by atoms with Gasteiger partial charge in [-0.2, -0.15) is 0 Å². The Kier molecular flexibility index (Phi) is 10.7. The van der Waals surface area contributed by atoms with Crippen LogP contribution in [0.5, 0.6) is 23.0 Å². The summed E-state index contributed by atoms with van der Waals surface area (Å²) in [5.41, 5.74) is 3.52. The van der Waals surface area contributed by atoms with Crippen molar-refractivity contribution in [3.05, 3.63) is 119 Å². The molecule has 1 aliphatic heterocycles. The van der Waals surface area contributed by atoms with Gasteiger partial charge in [0.25, 0.3) is 0 Å². The monoisotopic (exact) mass is 666 g/mol. The number of ether oxygens (including phenoxy) is 5. The lowest BCUT2D eigenvalue weighted by Crippen LogP contribution is -2.35. The standard InChI is InChI=1S/C43H54O6/c1-40(2,48-37-22-14-32(15-23-37)42(5,6)30-10-18-35(45-9)19-11-30)26-34(44)28-46-36-20-12-31(13-21-36)43(7,8)33-16-24-38(25-17-33)49-41(3,4)27-39-29-47-39/h10-25,34,39,44H,26-29H2,1-9H3. The second-order valence-electron chi connectivity index (χ2n) is 15.6. The van der Waals surface area contributed by atoms with Gasteiger partial charge in [-0.25, -0.2) is 0 Å². The highest BCUT2D eigenvalue weighted by Crippen LogP contribution is 2.36. The predicted molar refractivity (Wildman–Crippen MR) is 196 cm³/mol. The van der Waals surface area contributed by atoms with Crippen LogP contribution in [0.3, 0.4) is 0 Å². The zero-order valence-electron chi connectivity index (χ0n) is 30.7. The van der Waals surface area contributed by atoms with E-state index < -0.39 is 11.7 Å². The van der Waals surface area contributed by atoms with Crippen molar-refractivity contribution < 1.29 is 28.8 Å². The molecule has 4 aromatic rings. The molecule has 1 N–H and O–H groups in total. The van der Waals surface area contributed by atoms with Gasteiger partial charge in [-0.15, -0.1) is 0 Å². The molecular formula is C43H54O6. The molecule has 6 heteroatoms. The Morgan fingerprint density at radius 1 is 0.592 bits per heavy atom. The fraction of sp³-hybridized carbons (Fsp3) is 0.442. The second-order valence-corrected chi connectivity index (χ2v) is 15.6. The molecule has 262 valence electrons. The molecule has 1 fully saturated rings. The van der Waals surface area contributed by atoms with Gasteiger partial charge in [0, 0.05) is 23.7 Å². The second kappa shape index (κ2) is 14.5. The summed E-state index contributed by atoms with van der Waals surface area (Å²) in [7, 11) is 1.68. The van der Waals surface area contributed by atoms with Gasteiger partial charge in [0.05, 0.1) is 25.9 Å². The topological polar surface area (TPSA) is 69.7 Å². The average Bonchev–Trinajstić information content (AvgIpc) is 3.87. The lowest BCUT2D eigenvalue weighted by Gasteiger charge is -2.30. The first-order valence-corrected chi connectivity index (χ1v) is 17.3. The minimum absolute atomic E-state index is 0.175. The fourth-order valence-electron chi connectivity index (χ4n) is 6.46. The van der Waals surface area contributed by atoms with E-state index in [0.717, 1.165) is 36.0 Å². The first-order valence-electron chi connectivity index (χ1n) is 17.3. The number of aliphatic hydroxyl groups excluding tert-OH is 1. The van der Waals surface area contributed by atoms with Crippen LogP contribution in [0.15, 0.2) is 97.1 Å². The van der Waals surface area contributed by atoms with E-state index in [0.29, 0.717) is 12.5 Å². The van der Waals surface area contributed by atoms with Gasteiger partial charge in [0.1, 0.15) is 40.8 Å². The van der Waals surface area contributed by atoms with Crippen LogP contribution < -0.4 is 18.9 Å². The molecule has 5 rings (SSSR count). The molecule has 4 aromatic carbocycles. The molecular weight excluding hydrogens is 612 g/mol. The van der Waals surface area contributed by atoms with Crippen molar-refractivity contribution in [2.24, 2.45) is 0 Å². The van der Waals surface area contributed by atoms with Crippen molar-refractivity contribution >= 4 is 0 Å². The number of methoxy groups -OCH3 is 1. The number of benzene rings is 4. The van der Waals surface area contributed by atoms with Gasteiger partial charge in [-0.05, 0) is 98.5 Å². The maximum atomic E-state index is 10.9. The largest absolute Gasteiger partial charge is 0.497 e. The first-order chi connectivity index (χ1) is 23.1. The quantitative estimate of drug-likeness (QED) is 0.120. The molecule has 0 amide bonds. The summed E-state index contributed by atoms with van der Waals surface area (Å²) >= 11 is 0. The third-order valence-corrected chi connectivity index (χ3v) is 9.62. The summed E-state index contributed by atoms with van der Waals surface area (Å²) < 4.78 is 29.3. The predicted octanol–water partition coefficient (Wildman–Crippen LogP) is 9.28. The molecule has 0 radical (unpaired) electrons. The molecule has 0 saturated carbocycles. The van der Waals surface area contributed by atoms with E-state index in [9.17, 15) is 5.11 Å². The third-order valence-electron chi connectivity index (χ3n) is 9.62. The normalized spacial score (nSPS) is 15.8. The maximum absolute atomic E-state index is 10.9. The molecule has 1 aliphatic rings. The zero-order valence-corrected chi connectivity index (χ0v) is 30.7. The van der Waals surface area contributed by atoms with Crippen LogP contribution in [0, 0.1) is 0 Å². The molecule has 0 aromatic heterocycles. The van der Waals surface area contributed by atoms with Gasteiger partial charge >= 0.3 is 0 Å². The van der Waals surface area contributed by atoms with Crippen LogP contribution in [0.1, 0.15) is 90.5 Å². The smallest absolute Gasteiger partial charge is 0.120 e. The highest BCUT2D eigenvalue weighted by molar-refractivity contribution is 5.43. The number of rotatable bonds is 16. The third kappa shape index (κ3) is 9.58. The van der Waals surface area contributed by atoms with Crippen LogP contribution >= 0.6 is 0 Å². The molecule has 2 atom stereocenters. The van der Waals surface area contributed by atoms with E-state index in [-0.39, 0.29) is 23.0 Å². The SMILES string of the molecule is COc1ccc(C(C)(C)c2ccc(OC(C)(C)CC(O)COc3ccc(C(C)(C)c4ccc(OC(C)(C)CC5CO5)cc4)cc3)cc2)cc1. The van der Waals surface area contributed by atoms with Gasteiger partial charge in [-0.1, -0.05) is 76.2 Å². The minimum Gasteiger partial charge on any atom is -0.497 e. The van der Waals surface area contributed by atoms with Crippen LogP contribution in [0.2, 0.25) is 0 Å². The Morgan fingerprint density at radius 3 is 1.35 bits per heavy atom. The van der Waals surface area contributed by atoms with E-state index in [1.54, 1.807) is 7.11 Å². The molecule has 6 nitrogen and oxygen atoms in total. The number of aliphatic hydroxyl groups is 1. The lowest BCUT2D eigenvalue weighted by atomic mass is 9.78. The molecule has 1 heterocycles. The molecule has 49 heavy (non-hydrogen) atoms. The number of hydrogen-bond acceptors (Lipinski definition) is 6. The molecule has 0 bridgehead atoms. The summed E-state index contributed by atoms with van der Waals surface area (Å²) in [5.74, 6) is 3.20. The van der Waals surface area contributed by atoms with Crippen molar-refractivity contribution in [3.63, 3.8) is 0 Å². The molecule has 0 spiro atoms. The Bertz CT molecular complexity index is 1630.